The maximum absolute atomic E-state index is 5.82. The van der Waals surface area contributed by atoms with Crippen LogP contribution in [-0.2, 0) is 0 Å². The van der Waals surface area contributed by atoms with Crippen molar-refractivity contribution in [1.29, 1.82) is 0 Å². The molecular weight excluding hydrogens is 234 g/mol. The standard InChI is InChI=1S/C14H20ClNO/c1-11(3-2-10-16-13-6-7-13)17-14-8-4-12(15)5-9-14/h4-5,8-9,11,13,16H,2-3,6-7,10H2,1H3. The lowest BCUT2D eigenvalue weighted by molar-refractivity contribution is 0.207. The second-order valence-corrected chi connectivity index (χ2v) is 5.19. The van der Waals surface area contributed by atoms with Crippen molar-refractivity contribution in [2.45, 2.75) is 44.8 Å². The normalized spacial score (nSPS) is 16.8. The first-order chi connectivity index (χ1) is 8.24. The van der Waals surface area contributed by atoms with Gasteiger partial charge >= 0.3 is 0 Å². The van der Waals surface area contributed by atoms with E-state index in [1.807, 2.05) is 24.3 Å². The van der Waals surface area contributed by atoms with E-state index in [9.17, 15) is 0 Å². The molecule has 2 rings (SSSR count). The van der Waals surface area contributed by atoms with Crippen molar-refractivity contribution < 1.29 is 4.74 Å². The SMILES string of the molecule is CC(CCCNC1CC1)Oc1ccc(Cl)cc1. The second-order valence-electron chi connectivity index (χ2n) is 4.75. The molecule has 1 fully saturated rings. The van der Waals surface area contributed by atoms with E-state index in [0.29, 0.717) is 0 Å². The third-order valence-corrected chi connectivity index (χ3v) is 3.20. The minimum absolute atomic E-state index is 0.261. The van der Waals surface area contributed by atoms with Crippen molar-refractivity contribution in [3.05, 3.63) is 29.3 Å². The fourth-order valence-electron chi connectivity index (χ4n) is 1.79. The van der Waals surface area contributed by atoms with Crippen LogP contribution >= 0.6 is 11.6 Å². The Labute approximate surface area is 108 Å². The minimum Gasteiger partial charge on any atom is -0.491 e. The summed E-state index contributed by atoms with van der Waals surface area (Å²) in [5.41, 5.74) is 0. The number of ether oxygens (including phenoxy) is 1. The first kappa shape index (κ1) is 12.7. The Morgan fingerprint density at radius 1 is 1.35 bits per heavy atom. The molecule has 1 saturated carbocycles. The molecule has 1 aliphatic rings. The Morgan fingerprint density at radius 2 is 2.06 bits per heavy atom. The number of hydrogen-bond acceptors (Lipinski definition) is 2. The van der Waals surface area contributed by atoms with Crippen LogP contribution in [0.25, 0.3) is 0 Å². The van der Waals surface area contributed by atoms with Gasteiger partial charge in [-0.1, -0.05) is 11.6 Å². The van der Waals surface area contributed by atoms with E-state index >= 15 is 0 Å². The average molecular weight is 254 g/mol. The van der Waals surface area contributed by atoms with Crippen LogP contribution in [0.2, 0.25) is 5.02 Å². The largest absolute Gasteiger partial charge is 0.491 e. The van der Waals surface area contributed by atoms with Crippen molar-refractivity contribution in [3.63, 3.8) is 0 Å². The topological polar surface area (TPSA) is 21.3 Å². The van der Waals surface area contributed by atoms with Crippen LogP contribution in [0.3, 0.4) is 0 Å². The number of hydrogen-bond donors (Lipinski definition) is 1. The summed E-state index contributed by atoms with van der Waals surface area (Å²) in [5.74, 6) is 0.900. The van der Waals surface area contributed by atoms with Crippen LogP contribution in [0.4, 0.5) is 0 Å². The van der Waals surface area contributed by atoms with Crippen LogP contribution in [0.15, 0.2) is 24.3 Å². The molecule has 1 aromatic rings. The Morgan fingerprint density at radius 3 is 2.71 bits per heavy atom. The van der Waals surface area contributed by atoms with Crippen LogP contribution in [-0.4, -0.2) is 18.7 Å². The van der Waals surface area contributed by atoms with Gasteiger partial charge in [0.1, 0.15) is 5.75 Å². The molecule has 0 aliphatic heterocycles. The van der Waals surface area contributed by atoms with Gasteiger partial charge in [0.25, 0.3) is 0 Å². The van der Waals surface area contributed by atoms with Crippen molar-refractivity contribution in [1.82, 2.24) is 5.32 Å². The summed E-state index contributed by atoms with van der Waals surface area (Å²) in [6, 6.07) is 8.36. The monoisotopic (exact) mass is 253 g/mol. The summed E-state index contributed by atoms with van der Waals surface area (Å²) >= 11 is 5.82. The molecule has 1 N–H and O–H groups in total. The smallest absolute Gasteiger partial charge is 0.119 e. The van der Waals surface area contributed by atoms with Gasteiger partial charge in [-0.3, -0.25) is 0 Å². The zero-order valence-corrected chi connectivity index (χ0v) is 11.0. The zero-order valence-electron chi connectivity index (χ0n) is 10.3. The molecular formula is C14H20ClNO. The van der Waals surface area contributed by atoms with Gasteiger partial charge in [-0.15, -0.1) is 0 Å². The molecule has 0 spiro atoms. The summed E-state index contributed by atoms with van der Waals surface area (Å²) in [6.45, 7) is 3.23. The Hall–Kier alpha value is -0.730. The molecule has 0 aromatic heterocycles. The van der Waals surface area contributed by atoms with Gasteiger partial charge in [0, 0.05) is 11.1 Å². The lowest BCUT2D eigenvalue weighted by Gasteiger charge is -2.14. The molecule has 0 saturated heterocycles. The Bertz CT molecular complexity index is 335. The highest BCUT2D eigenvalue weighted by molar-refractivity contribution is 6.30. The number of rotatable bonds is 7. The highest BCUT2D eigenvalue weighted by Crippen LogP contribution is 2.19. The molecule has 0 radical (unpaired) electrons. The maximum Gasteiger partial charge on any atom is 0.119 e. The molecule has 94 valence electrons. The first-order valence-corrected chi connectivity index (χ1v) is 6.77. The fourth-order valence-corrected chi connectivity index (χ4v) is 1.91. The minimum atomic E-state index is 0.261. The van der Waals surface area contributed by atoms with Crippen LogP contribution in [0.5, 0.6) is 5.75 Å². The number of halogens is 1. The third kappa shape index (κ3) is 4.97. The van der Waals surface area contributed by atoms with E-state index in [0.717, 1.165) is 29.8 Å². The molecule has 2 nitrogen and oxygen atoms in total. The van der Waals surface area contributed by atoms with Crippen molar-refractivity contribution >= 4 is 11.6 Å². The lowest BCUT2D eigenvalue weighted by Crippen LogP contribution is -2.20. The fraction of sp³-hybridized carbons (Fsp3) is 0.571. The molecule has 1 aromatic carbocycles. The average Bonchev–Trinajstić information content (AvgIpc) is 3.12. The lowest BCUT2D eigenvalue weighted by atomic mass is 10.2. The van der Waals surface area contributed by atoms with Gasteiger partial charge in [-0.25, -0.2) is 0 Å². The molecule has 1 aliphatic carbocycles. The molecule has 1 atom stereocenters. The number of nitrogens with one attached hydrogen (secondary N) is 1. The van der Waals surface area contributed by atoms with Gasteiger partial charge < -0.3 is 10.1 Å². The van der Waals surface area contributed by atoms with E-state index in [1.54, 1.807) is 0 Å². The summed E-state index contributed by atoms with van der Waals surface area (Å²) in [4.78, 5) is 0. The van der Waals surface area contributed by atoms with Crippen LogP contribution < -0.4 is 10.1 Å². The highest BCUT2D eigenvalue weighted by Gasteiger charge is 2.19. The zero-order chi connectivity index (χ0) is 12.1. The van der Waals surface area contributed by atoms with Crippen molar-refractivity contribution in [3.8, 4) is 5.75 Å². The summed E-state index contributed by atoms with van der Waals surface area (Å²) in [5, 5.41) is 4.26. The molecule has 0 bridgehead atoms. The molecule has 0 heterocycles. The van der Waals surface area contributed by atoms with Gasteiger partial charge in [-0.05, 0) is 63.4 Å². The maximum atomic E-state index is 5.82. The van der Waals surface area contributed by atoms with E-state index in [1.165, 1.54) is 19.3 Å². The van der Waals surface area contributed by atoms with Gasteiger partial charge in [0.05, 0.1) is 6.10 Å². The molecule has 17 heavy (non-hydrogen) atoms. The van der Waals surface area contributed by atoms with Gasteiger partial charge in [-0.2, -0.15) is 0 Å². The van der Waals surface area contributed by atoms with E-state index < -0.39 is 0 Å². The predicted molar refractivity (Wildman–Crippen MR) is 71.8 cm³/mol. The first-order valence-electron chi connectivity index (χ1n) is 6.39. The highest BCUT2D eigenvalue weighted by atomic mass is 35.5. The van der Waals surface area contributed by atoms with Gasteiger partial charge in [0.15, 0.2) is 0 Å². The summed E-state index contributed by atoms with van der Waals surface area (Å²) in [7, 11) is 0. The quantitative estimate of drug-likeness (QED) is 0.749. The Balaban J connectivity index is 1.61. The van der Waals surface area contributed by atoms with Crippen molar-refractivity contribution in [2.24, 2.45) is 0 Å². The number of benzene rings is 1. The molecule has 3 heteroatoms. The van der Waals surface area contributed by atoms with E-state index in [4.69, 9.17) is 16.3 Å². The molecule has 1 unspecified atom stereocenters. The molecule has 0 amide bonds. The summed E-state index contributed by atoms with van der Waals surface area (Å²) in [6.07, 6.45) is 5.23. The van der Waals surface area contributed by atoms with Crippen molar-refractivity contribution in [2.75, 3.05) is 6.54 Å². The van der Waals surface area contributed by atoms with Crippen LogP contribution in [0, 0.1) is 0 Å². The van der Waals surface area contributed by atoms with E-state index in [-0.39, 0.29) is 6.10 Å². The predicted octanol–water partition coefficient (Wildman–Crippen LogP) is 3.64. The second kappa shape index (κ2) is 6.27. The van der Waals surface area contributed by atoms with Crippen LogP contribution in [0.1, 0.15) is 32.6 Å². The van der Waals surface area contributed by atoms with Gasteiger partial charge in [0.2, 0.25) is 0 Å². The third-order valence-electron chi connectivity index (χ3n) is 2.95. The van der Waals surface area contributed by atoms with E-state index in [2.05, 4.69) is 12.2 Å². The summed E-state index contributed by atoms with van der Waals surface area (Å²) < 4.78 is 5.81. The Kier molecular flexibility index (Phi) is 4.69.